The number of ether oxygens (including phenoxy) is 4. The minimum atomic E-state index is -0.269. The lowest BCUT2D eigenvalue weighted by molar-refractivity contribution is 0.324. The molecule has 0 aliphatic heterocycles. The lowest BCUT2D eigenvalue weighted by Crippen LogP contribution is -2.00. The summed E-state index contributed by atoms with van der Waals surface area (Å²) < 4.78 is 22.0. The summed E-state index contributed by atoms with van der Waals surface area (Å²) in [5.74, 6) is 2.99. The first-order chi connectivity index (χ1) is 15.1. The van der Waals surface area contributed by atoms with Crippen molar-refractivity contribution in [3.05, 3.63) is 58.8 Å². The van der Waals surface area contributed by atoms with Crippen LogP contribution in [0.15, 0.2) is 47.9 Å². The van der Waals surface area contributed by atoms with Crippen LogP contribution >= 0.6 is 0 Å². The van der Waals surface area contributed by atoms with Crippen LogP contribution in [0.1, 0.15) is 23.6 Å². The Morgan fingerprint density at radius 3 is 2.48 bits per heavy atom. The van der Waals surface area contributed by atoms with Crippen LogP contribution in [0.2, 0.25) is 0 Å². The van der Waals surface area contributed by atoms with Crippen LogP contribution in [0.3, 0.4) is 0 Å². The number of nitrogens with zero attached hydrogens (tertiary/aromatic N) is 3. The third kappa shape index (κ3) is 4.20. The molecular formula is C22H22N4O5. The maximum atomic E-state index is 10.9. The van der Waals surface area contributed by atoms with E-state index in [2.05, 4.69) is 20.5 Å². The van der Waals surface area contributed by atoms with Gasteiger partial charge in [-0.15, -0.1) is 0 Å². The van der Waals surface area contributed by atoms with Crippen molar-refractivity contribution < 1.29 is 18.9 Å². The molecule has 0 bridgehead atoms. The fourth-order valence-electron chi connectivity index (χ4n) is 3.62. The number of benzene rings is 2. The fourth-order valence-corrected chi connectivity index (χ4v) is 3.62. The van der Waals surface area contributed by atoms with Gasteiger partial charge in [-0.3, -0.25) is 4.98 Å². The van der Waals surface area contributed by atoms with Gasteiger partial charge < -0.3 is 24.3 Å². The molecule has 9 nitrogen and oxygen atoms in total. The van der Waals surface area contributed by atoms with Crippen molar-refractivity contribution in [3.63, 3.8) is 0 Å². The molecule has 9 heteroatoms. The van der Waals surface area contributed by atoms with Crippen molar-refractivity contribution in [2.45, 2.75) is 18.9 Å². The van der Waals surface area contributed by atoms with Gasteiger partial charge >= 0.3 is 0 Å². The minimum Gasteiger partial charge on any atom is -0.493 e. The third-order valence-electron chi connectivity index (χ3n) is 5.06. The van der Waals surface area contributed by atoms with E-state index in [-0.39, 0.29) is 6.04 Å². The minimum absolute atomic E-state index is 0.269. The molecule has 0 amide bonds. The molecule has 1 N–H and O–H groups in total. The molecule has 1 atom stereocenters. The standard InChI is InChI=1S/C22H22N4O5/c1-28-18-9-14(10-19(29-2)22(18)30-3)24-20-11-23-12-21(25-20)31-15-5-6-16-13(8-15)4-7-17(16)26-27/h5-6,8-12,17H,4,7H2,1-3H3,(H,24,25). The number of methoxy groups -OCH3 is 3. The predicted molar refractivity (Wildman–Crippen MR) is 115 cm³/mol. The van der Waals surface area contributed by atoms with Gasteiger partial charge in [0.1, 0.15) is 11.8 Å². The normalized spacial score (nSPS) is 14.5. The van der Waals surface area contributed by atoms with E-state index in [4.69, 9.17) is 18.9 Å². The van der Waals surface area contributed by atoms with E-state index in [1.807, 2.05) is 18.2 Å². The molecule has 160 valence electrons. The average Bonchev–Trinajstić information content (AvgIpc) is 3.21. The monoisotopic (exact) mass is 422 g/mol. The van der Waals surface area contributed by atoms with Gasteiger partial charge in [-0.05, 0) is 36.1 Å². The van der Waals surface area contributed by atoms with Crippen LogP contribution in [0, 0.1) is 4.91 Å². The van der Waals surface area contributed by atoms with Gasteiger partial charge in [0.2, 0.25) is 11.6 Å². The zero-order chi connectivity index (χ0) is 21.8. The summed E-state index contributed by atoms with van der Waals surface area (Å²) in [6.07, 6.45) is 4.65. The van der Waals surface area contributed by atoms with Gasteiger partial charge in [0.05, 0.1) is 33.7 Å². The number of nitroso groups, excluding NO2 is 1. The highest BCUT2D eigenvalue weighted by atomic mass is 16.5. The van der Waals surface area contributed by atoms with Crippen molar-refractivity contribution in [2.75, 3.05) is 26.6 Å². The first-order valence-corrected chi connectivity index (χ1v) is 9.67. The molecule has 31 heavy (non-hydrogen) atoms. The Morgan fingerprint density at radius 2 is 1.81 bits per heavy atom. The van der Waals surface area contributed by atoms with Crippen molar-refractivity contribution in [1.82, 2.24) is 9.97 Å². The van der Waals surface area contributed by atoms with Crippen molar-refractivity contribution in [2.24, 2.45) is 5.18 Å². The summed E-state index contributed by atoms with van der Waals surface area (Å²) in [5, 5.41) is 6.35. The van der Waals surface area contributed by atoms with Crippen LogP contribution in [0.25, 0.3) is 0 Å². The van der Waals surface area contributed by atoms with E-state index in [1.165, 1.54) is 6.20 Å². The second-order valence-electron chi connectivity index (χ2n) is 6.90. The molecular weight excluding hydrogens is 400 g/mol. The van der Waals surface area contributed by atoms with Gasteiger partial charge in [-0.25, -0.2) is 0 Å². The lowest BCUT2D eigenvalue weighted by Gasteiger charge is -2.15. The Kier molecular flexibility index (Phi) is 5.83. The van der Waals surface area contributed by atoms with E-state index in [0.29, 0.717) is 40.4 Å². The second kappa shape index (κ2) is 8.86. The largest absolute Gasteiger partial charge is 0.493 e. The molecule has 3 aromatic rings. The number of aromatic nitrogens is 2. The van der Waals surface area contributed by atoms with E-state index >= 15 is 0 Å². The van der Waals surface area contributed by atoms with Crippen molar-refractivity contribution >= 4 is 11.5 Å². The maximum absolute atomic E-state index is 10.9. The number of hydrogen-bond acceptors (Lipinski definition) is 9. The van der Waals surface area contributed by atoms with Gasteiger partial charge in [0, 0.05) is 17.8 Å². The molecule has 1 aliphatic rings. The lowest BCUT2D eigenvalue weighted by atomic mass is 10.1. The molecule has 0 spiro atoms. The summed E-state index contributed by atoms with van der Waals surface area (Å²) in [5.41, 5.74) is 2.72. The van der Waals surface area contributed by atoms with E-state index < -0.39 is 0 Å². The summed E-state index contributed by atoms with van der Waals surface area (Å²) in [6, 6.07) is 8.89. The van der Waals surface area contributed by atoms with Crippen LogP contribution in [0.4, 0.5) is 11.5 Å². The van der Waals surface area contributed by atoms with Crippen LogP contribution in [-0.2, 0) is 6.42 Å². The highest BCUT2D eigenvalue weighted by molar-refractivity contribution is 5.66. The van der Waals surface area contributed by atoms with Gasteiger partial charge in [0.25, 0.3) is 0 Å². The zero-order valence-electron chi connectivity index (χ0n) is 17.4. The van der Waals surface area contributed by atoms with Crippen LogP contribution in [-0.4, -0.2) is 31.3 Å². The molecule has 0 radical (unpaired) electrons. The highest BCUT2D eigenvalue weighted by Crippen LogP contribution is 2.41. The van der Waals surface area contributed by atoms with Crippen molar-refractivity contribution in [3.8, 4) is 28.9 Å². The van der Waals surface area contributed by atoms with Gasteiger partial charge in [-0.1, -0.05) is 11.2 Å². The molecule has 1 aromatic heterocycles. The molecule has 0 saturated heterocycles. The molecule has 0 saturated carbocycles. The second-order valence-corrected chi connectivity index (χ2v) is 6.90. The van der Waals surface area contributed by atoms with Crippen molar-refractivity contribution in [1.29, 1.82) is 0 Å². The Balaban J connectivity index is 1.54. The average molecular weight is 422 g/mol. The Labute approximate surface area is 179 Å². The van der Waals surface area contributed by atoms with E-state index in [9.17, 15) is 4.91 Å². The van der Waals surface area contributed by atoms with Gasteiger partial charge in [-0.2, -0.15) is 9.89 Å². The summed E-state index contributed by atoms with van der Waals surface area (Å²) in [6.45, 7) is 0. The maximum Gasteiger partial charge on any atom is 0.239 e. The SMILES string of the molecule is COc1cc(Nc2cncc(Oc3ccc4c(c3)CCC4N=O)n2)cc(OC)c1OC. The summed E-state index contributed by atoms with van der Waals surface area (Å²) >= 11 is 0. The first kappa shape index (κ1) is 20.4. The Morgan fingerprint density at radius 1 is 1.03 bits per heavy atom. The number of aryl methyl sites for hydroxylation is 1. The summed E-state index contributed by atoms with van der Waals surface area (Å²) in [7, 11) is 4.66. The smallest absolute Gasteiger partial charge is 0.239 e. The Hall–Kier alpha value is -3.88. The van der Waals surface area contributed by atoms with Crippen LogP contribution < -0.4 is 24.3 Å². The molecule has 1 heterocycles. The molecule has 1 aliphatic carbocycles. The first-order valence-electron chi connectivity index (χ1n) is 9.67. The Bertz CT molecular complexity index is 1080. The predicted octanol–water partition coefficient (Wildman–Crippen LogP) is 4.79. The topological polar surface area (TPSA) is 104 Å². The number of nitrogens with one attached hydrogen (secondary N) is 1. The van der Waals surface area contributed by atoms with E-state index in [1.54, 1.807) is 39.7 Å². The fraction of sp³-hybridized carbons (Fsp3) is 0.273. The molecule has 1 unspecified atom stereocenters. The van der Waals surface area contributed by atoms with Gasteiger partial charge in [0.15, 0.2) is 17.3 Å². The number of rotatable bonds is 8. The summed E-state index contributed by atoms with van der Waals surface area (Å²) in [4.78, 5) is 19.6. The number of hydrogen-bond donors (Lipinski definition) is 1. The van der Waals surface area contributed by atoms with E-state index in [0.717, 1.165) is 24.0 Å². The zero-order valence-corrected chi connectivity index (χ0v) is 17.4. The van der Waals surface area contributed by atoms with Crippen LogP contribution in [0.5, 0.6) is 28.9 Å². The molecule has 2 aromatic carbocycles. The molecule has 4 rings (SSSR count). The highest BCUT2D eigenvalue weighted by Gasteiger charge is 2.23. The molecule has 0 fully saturated rings. The number of fused-ring (bicyclic) bond motifs is 1. The quantitative estimate of drug-likeness (QED) is 0.517. The third-order valence-corrected chi connectivity index (χ3v) is 5.06. The number of anilines is 2.